The molecule has 2 heterocycles. The fourth-order valence-corrected chi connectivity index (χ4v) is 2.52. The van der Waals surface area contributed by atoms with Gasteiger partial charge in [0, 0.05) is 4.88 Å². The van der Waals surface area contributed by atoms with Crippen LogP contribution >= 0.6 is 22.9 Å². The summed E-state index contributed by atoms with van der Waals surface area (Å²) in [7, 11) is 0. The van der Waals surface area contributed by atoms with E-state index in [0.717, 1.165) is 6.42 Å². The summed E-state index contributed by atoms with van der Waals surface area (Å²) >= 11 is 7.39. The topological polar surface area (TPSA) is 76.7 Å². The summed E-state index contributed by atoms with van der Waals surface area (Å²) in [5, 5.41) is 5.26. The largest absolute Gasteiger partial charge is 0.368 e. The number of thiophene rings is 1. The van der Waals surface area contributed by atoms with Gasteiger partial charge in [-0.3, -0.25) is 0 Å². The fourth-order valence-electron chi connectivity index (χ4n) is 1.44. The molecule has 5 nitrogen and oxygen atoms in total. The van der Waals surface area contributed by atoms with Crippen molar-refractivity contribution < 1.29 is 0 Å². The smallest absolute Gasteiger partial charge is 0.229 e. The Morgan fingerprint density at radius 3 is 2.94 bits per heavy atom. The molecule has 90 valence electrons. The number of nitrogens with zero attached hydrogens (tertiary/aromatic N) is 3. The van der Waals surface area contributed by atoms with Crippen LogP contribution in [0.25, 0.3) is 0 Å². The summed E-state index contributed by atoms with van der Waals surface area (Å²) < 4.78 is 0. The average molecular weight is 270 g/mol. The van der Waals surface area contributed by atoms with E-state index in [4.69, 9.17) is 17.3 Å². The first-order chi connectivity index (χ1) is 8.19. The van der Waals surface area contributed by atoms with Gasteiger partial charge in [-0.15, -0.1) is 11.3 Å². The lowest BCUT2D eigenvalue weighted by Crippen LogP contribution is -2.07. The normalized spacial score (nSPS) is 10.5. The molecule has 0 radical (unpaired) electrons. The molecular weight excluding hydrogens is 258 g/mol. The van der Waals surface area contributed by atoms with Gasteiger partial charge in [0.1, 0.15) is 0 Å². The lowest BCUT2D eigenvalue weighted by atomic mass is 10.2. The molecule has 0 unspecified atom stereocenters. The van der Waals surface area contributed by atoms with Crippen LogP contribution in [0.3, 0.4) is 0 Å². The lowest BCUT2D eigenvalue weighted by Gasteiger charge is -2.05. The van der Waals surface area contributed by atoms with Crippen molar-refractivity contribution >= 4 is 34.8 Å². The van der Waals surface area contributed by atoms with E-state index in [0.29, 0.717) is 12.5 Å². The second-order valence-corrected chi connectivity index (χ2v) is 4.70. The summed E-state index contributed by atoms with van der Waals surface area (Å²) in [6.45, 7) is 2.80. The van der Waals surface area contributed by atoms with Crippen molar-refractivity contribution in [1.29, 1.82) is 0 Å². The molecule has 2 aromatic heterocycles. The Balaban J connectivity index is 2.07. The molecule has 2 rings (SSSR count). The van der Waals surface area contributed by atoms with E-state index in [2.05, 4.69) is 38.6 Å². The monoisotopic (exact) mass is 269 g/mol. The second kappa shape index (κ2) is 5.29. The second-order valence-electron chi connectivity index (χ2n) is 3.36. The Morgan fingerprint density at radius 1 is 1.41 bits per heavy atom. The maximum absolute atomic E-state index is 5.69. The van der Waals surface area contributed by atoms with Crippen molar-refractivity contribution in [2.24, 2.45) is 0 Å². The Kier molecular flexibility index (Phi) is 3.75. The molecule has 0 saturated carbocycles. The molecule has 2 aromatic rings. The number of hydrogen-bond acceptors (Lipinski definition) is 6. The summed E-state index contributed by atoms with van der Waals surface area (Å²) in [5.74, 6) is 0.521. The molecular formula is C10H12ClN5S. The minimum absolute atomic E-state index is 0.0990. The van der Waals surface area contributed by atoms with E-state index in [9.17, 15) is 0 Å². The number of aromatic nitrogens is 3. The van der Waals surface area contributed by atoms with Crippen molar-refractivity contribution in [3.63, 3.8) is 0 Å². The molecule has 0 aliphatic rings. The average Bonchev–Trinajstić information content (AvgIpc) is 2.72. The van der Waals surface area contributed by atoms with Gasteiger partial charge in [0.2, 0.25) is 17.2 Å². The highest BCUT2D eigenvalue weighted by molar-refractivity contribution is 7.10. The maximum Gasteiger partial charge on any atom is 0.229 e. The van der Waals surface area contributed by atoms with E-state index in [1.54, 1.807) is 11.3 Å². The van der Waals surface area contributed by atoms with Crippen molar-refractivity contribution in [3.8, 4) is 0 Å². The number of aryl methyl sites for hydroxylation is 1. The standard InChI is InChI=1S/C10H12ClN5S/c1-2-6-3-4-17-7(6)5-13-10-15-8(11)14-9(12)16-10/h3-4H,2,5H2,1H3,(H3,12,13,14,15,16). The molecule has 0 bridgehead atoms. The highest BCUT2D eigenvalue weighted by Crippen LogP contribution is 2.18. The zero-order chi connectivity index (χ0) is 12.3. The molecule has 0 aliphatic heterocycles. The fraction of sp³-hybridized carbons (Fsp3) is 0.300. The first kappa shape index (κ1) is 12.1. The molecule has 17 heavy (non-hydrogen) atoms. The first-order valence-electron chi connectivity index (χ1n) is 5.15. The maximum atomic E-state index is 5.69. The van der Waals surface area contributed by atoms with Crippen molar-refractivity contribution in [2.45, 2.75) is 19.9 Å². The molecule has 0 saturated heterocycles. The van der Waals surface area contributed by atoms with E-state index in [1.807, 2.05) is 0 Å². The van der Waals surface area contributed by atoms with Crippen LogP contribution < -0.4 is 11.1 Å². The predicted octanol–water partition coefficient (Wildman–Crippen LogP) is 2.34. The van der Waals surface area contributed by atoms with Gasteiger partial charge in [-0.2, -0.15) is 15.0 Å². The zero-order valence-corrected chi connectivity index (χ0v) is 10.8. The number of nitrogens with two attached hydrogens (primary N) is 1. The van der Waals surface area contributed by atoms with Gasteiger partial charge < -0.3 is 11.1 Å². The van der Waals surface area contributed by atoms with Crippen LogP contribution in [0, 0.1) is 0 Å². The van der Waals surface area contributed by atoms with Crippen LogP contribution in [0.15, 0.2) is 11.4 Å². The van der Waals surface area contributed by atoms with E-state index in [1.165, 1.54) is 10.4 Å². The molecule has 3 N–H and O–H groups in total. The number of anilines is 2. The van der Waals surface area contributed by atoms with Crippen LogP contribution in [0.5, 0.6) is 0 Å². The predicted molar refractivity (Wildman–Crippen MR) is 70.3 cm³/mol. The summed E-state index contributed by atoms with van der Waals surface area (Å²) in [4.78, 5) is 12.9. The van der Waals surface area contributed by atoms with Gasteiger partial charge in [-0.05, 0) is 35.0 Å². The molecule has 0 fully saturated rings. The third kappa shape index (κ3) is 3.04. The minimum atomic E-state index is 0.0990. The molecule has 0 atom stereocenters. The summed E-state index contributed by atoms with van der Waals surface area (Å²) in [6, 6.07) is 2.12. The highest BCUT2D eigenvalue weighted by atomic mass is 35.5. The minimum Gasteiger partial charge on any atom is -0.368 e. The first-order valence-corrected chi connectivity index (χ1v) is 6.41. The summed E-state index contributed by atoms with van der Waals surface area (Å²) in [5.41, 5.74) is 6.81. The van der Waals surface area contributed by atoms with Crippen molar-refractivity contribution in [3.05, 3.63) is 27.2 Å². The molecule has 0 aliphatic carbocycles. The Morgan fingerprint density at radius 2 is 2.24 bits per heavy atom. The van der Waals surface area contributed by atoms with Gasteiger partial charge in [0.25, 0.3) is 0 Å². The van der Waals surface area contributed by atoms with Crippen LogP contribution in [0.2, 0.25) is 5.28 Å². The number of nitrogens with one attached hydrogen (secondary N) is 1. The Labute approximate surface area is 108 Å². The van der Waals surface area contributed by atoms with Crippen LogP contribution in [0.1, 0.15) is 17.4 Å². The van der Waals surface area contributed by atoms with E-state index < -0.39 is 0 Å². The Bertz CT molecular complexity index is 493. The zero-order valence-electron chi connectivity index (χ0n) is 9.27. The van der Waals surface area contributed by atoms with Gasteiger partial charge in [-0.1, -0.05) is 6.92 Å². The van der Waals surface area contributed by atoms with Gasteiger partial charge in [0.05, 0.1) is 6.54 Å². The van der Waals surface area contributed by atoms with E-state index in [-0.39, 0.29) is 11.2 Å². The van der Waals surface area contributed by atoms with Crippen LogP contribution in [-0.4, -0.2) is 15.0 Å². The van der Waals surface area contributed by atoms with Crippen molar-refractivity contribution in [2.75, 3.05) is 11.1 Å². The number of hydrogen-bond donors (Lipinski definition) is 2. The molecule has 0 spiro atoms. The van der Waals surface area contributed by atoms with E-state index >= 15 is 0 Å². The van der Waals surface area contributed by atoms with Gasteiger partial charge in [-0.25, -0.2) is 0 Å². The molecule has 0 amide bonds. The quantitative estimate of drug-likeness (QED) is 0.891. The number of nitrogen functional groups attached to an aromatic ring is 1. The number of rotatable bonds is 4. The van der Waals surface area contributed by atoms with Crippen LogP contribution in [-0.2, 0) is 13.0 Å². The lowest BCUT2D eigenvalue weighted by molar-refractivity contribution is 1.01. The highest BCUT2D eigenvalue weighted by Gasteiger charge is 2.05. The summed E-state index contributed by atoms with van der Waals surface area (Å²) in [6.07, 6.45) is 1.01. The molecule has 7 heteroatoms. The SMILES string of the molecule is CCc1ccsc1CNc1nc(N)nc(Cl)n1. The Hall–Kier alpha value is -1.40. The third-order valence-corrected chi connectivity index (χ3v) is 3.38. The van der Waals surface area contributed by atoms with Gasteiger partial charge in [0.15, 0.2) is 0 Å². The van der Waals surface area contributed by atoms with Gasteiger partial charge >= 0.3 is 0 Å². The third-order valence-electron chi connectivity index (χ3n) is 2.25. The number of halogens is 1. The molecule has 0 aromatic carbocycles. The van der Waals surface area contributed by atoms with Crippen molar-refractivity contribution in [1.82, 2.24) is 15.0 Å². The van der Waals surface area contributed by atoms with Crippen LogP contribution in [0.4, 0.5) is 11.9 Å².